The third-order valence-electron chi connectivity index (χ3n) is 5.18. The zero-order valence-electron chi connectivity index (χ0n) is 17.0. The first kappa shape index (κ1) is 27.0. The summed E-state index contributed by atoms with van der Waals surface area (Å²) in [4.78, 5) is 59.8. The lowest BCUT2D eigenvalue weighted by molar-refractivity contribution is -0.423. The van der Waals surface area contributed by atoms with E-state index in [2.05, 4.69) is 5.29 Å². The number of nitrogens with zero attached hydrogens (tertiary/aromatic N) is 2. The highest BCUT2D eigenvalue weighted by molar-refractivity contribution is 6.18. The Hall–Kier alpha value is -2.07. The van der Waals surface area contributed by atoms with Crippen LogP contribution in [0.2, 0.25) is 0 Å². The van der Waals surface area contributed by atoms with Gasteiger partial charge in [0, 0.05) is 5.88 Å². The van der Waals surface area contributed by atoms with Crippen LogP contribution in [-0.2, 0) is 19.1 Å². The summed E-state index contributed by atoms with van der Waals surface area (Å²) < 4.78 is 4.99. The van der Waals surface area contributed by atoms with Crippen LogP contribution in [0, 0.1) is 4.91 Å². The highest BCUT2D eigenvalue weighted by atomic mass is 35.5. The number of ether oxygens (including phenoxy) is 1. The van der Waals surface area contributed by atoms with Gasteiger partial charge in [0.25, 0.3) is 0 Å². The van der Waals surface area contributed by atoms with Crippen LogP contribution in [0.25, 0.3) is 0 Å². The summed E-state index contributed by atoms with van der Waals surface area (Å²) in [6, 6.07) is -1.61. The monoisotopic (exact) mass is 469 g/mol. The van der Waals surface area contributed by atoms with E-state index in [-0.39, 0.29) is 10.9 Å². The molecule has 1 rings (SSSR count). The lowest BCUT2D eigenvalue weighted by Gasteiger charge is -2.61. The molecule has 1 unspecified atom stereocenters. The molecule has 0 aromatic heterocycles. The highest BCUT2D eigenvalue weighted by Crippen LogP contribution is 2.49. The predicted molar refractivity (Wildman–Crippen MR) is 100 cm³/mol. The number of alkyl halides is 1. The molecule has 176 valence electrons. The molecule has 1 heterocycles. The largest absolute Gasteiger partial charge is 0.382 e. The van der Waals surface area contributed by atoms with Gasteiger partial charge in [0.1, 0.15) is 12.2 Å². The Labute approximate surface area is 180 Å². The van der Waals surface area contributed by atoms with Crippen LogP contribution in [0.15, 0.2) is 5.29 Å². The van der Waals surface area contributed by atoms with E-state index >= 15 is 0 Å². The Morgan fingerprint density at radius 2 is 1.65 bits per heavy atom. The molecule has 6 N–H and O–H groups in total. The van der Waals surface area contributed by atoms with Crippen LogP contribution < -0.4 is 5.32 Å². The number of urea groups is 1. The SMILES string of the molecule is CC(=O)C(O)[C@H]1O[C@@](C)(O)[C@@](O)(NC(=O)N(CCCl)N=O)[C@](O)(C(C)=O)[C@@]1(O)C(C)=O. The summed E-state index contributed by atoms with van der Waals surface area (Å²) in [5.74, 6) is -7.71. The maximum atomic E-state index is 12.5. The Kier molecular flexibility index (Phi) is 7.67. The van der Waals surface area contributed by atoms with Crippen molar-refractivity contribution >= 4 is 35.0 Å². The van der Waals surface area contributed by atoms with E-state index in [1.54, 1.807) is 5.32 Å². The van der Waals surface area contributed by atoms with Crippen molar-refractivity contribution in [2.45, 2.75) is 62.6 Å². The van der Waals surface area contributed by atoms with E-state index in [0.717, 1.165) is 6.92 Å². The Morgan fingerprint density at radius 3 is 2.00 bits per heavy atom. The van der Waals surface area contributed by atoms with Crippen LogP contribution in [0.5, 0.6) is 0 Å². The Balaban J connectivity index is 3.85. The molecule has 0 aromatic carbocycles. The number of ketones is 3. The molecule has 1 aliphatic heterocycles. The van der Waals surface area contributed by atoms with Crippen LogP contribution >= 0.6 is 11.6 Å². The molecule has 1 aliphatic rings. The van der Waals surface area contributed by atoms with Crippen molar-refractivity contribution < 1.29 is 49.4 Å². The smallest absolute Gasteiger partial charge is 0.342 e. The standard InChI is InChI=1S/C16H24ClN3O11/c1-7(21)10(24)11-14(27,8(2)22)15(28,9(3)23)16(29,13(4,26)31-11)18-12(25)20(19-30)6-5-17/h10-11,24,26-29H,5-6H2,1-4H3,(H,18,25)/t10?,11-,13-,14-,15+,16+/m1/s1. The normalized spacial score (nSPS) is 36.3. The molecular weight excluding hydrogens is 446 g/mol. The van der Waals surface area contributed by atoms with Gasteiger partial charge in [0.15, 0.2) is 23.0 Å². The molecule has 0 spiro atoms. The molecule has 14 nitrogen and oxygen atoms in total. The van der Waals surface area contributed by atoms with Crippen molar-refractivity contribution in [1.29, 1.82) is 0 Å². The number of aliphatic hydroxyl groups excluding tert-OH is 1. The fourth-order valence-corrected chi connectivity index (χ4v) is 3.56. The number of amides is 2. The number of Topliss-reactive ketones (excluding diaryl/α,β-unsaturated/α-hetero) is 3. The first-order valence-electron chi connectivity index (χ1n) is 8.76. The summed E-state index contributed by atoms with van der Waals surface area (Å²) in [5, 5.41) is 58.3. The van der Waals surface area contributed by atoms with Gasteiger partial charge in [-0.1, -0.05) is 0 Å². The minimum Gasteiger partial charge on any atom is -0.382 e. The topological polar surface area (TPSA) is 223 Å². The number of aliphatic hydroxyl groups is 5. The van der Waals surface area contributed by atoms with Crippen LogP contribution in [0.3, 0.4) is 0 Å². The van der Waals surface area contributed by atoms with Crippen molar-refractivity contribution in [3.8, 4) is 0 Å². The average Bonchev–Trinajstić information content (AvgIpc) is 2.66. The molecule has 0 saturated carbocycles. The van der Waals surface area contributed by atoms with Gasteiger partial charge < -0.3 is 35.6 Å². The first-order chi connectivity index (χ1) is 14.0. The second-order valence-corrected chi connectivity index (χ2v) is 7.58. The van der Waals surface area contributed by atoms with E-state index in [1.165, 1.54) is 0 Å². The second kappa shape index (κ2) is 8.82. The third kappa shape index (κ3) is 3.84. The summed E-state index contributed by atoms with van der Waals surface area (Å²) >= 11 is 5.42. The van der Waals surface area contributed by atoms with Crippen molar-refractivity contribution in [3.05, 3.63) is 4.91 Å². The second-order valence-electron chi connectivity index (χ2n) is 7.20. The fourth-order valence-electron chi connectivity index (χ4n) is 3.40. The molecule has 0 aliphatic carbocycles. The Morgan fingerprint density at radius 1 is 1.13 bits per heavy atom. The van der Waals surface area contributed by atoms with Crippen LogP contribution in [-0.4, -0.2) is 101 Å². The van der Waals surface area contributed by atoms with Crippen LogP contribution in [0.1, 0.15) is 27.7 Å². The highest BCUT2D eigenvalue weighted by Gasteiger charge is 2.81. The summed E-state index contributed by atoms with van der Waals surface area (Å²) in [6.45, 7) is 2.11. The number of rotatable bonds is 8. The zero-order valence-corrected chi connectivity index (χ0v) is 17.8. The minimum atomic E-state index is -3.81. The van der Waals surface area contributed by atoms with E-state index in [4.69, 9.17) is 16.3 Å². The molecule has 31 heavy (non-hydrogen) atoms. The van der Waals surface area contributed by atoms with E-state index in [0.29, 0.717) is 20.8 Å². The molecule has 2 amide bonds. The lowest BCUT2D eigenvalue weighted by atomic mass is 9.62. The zero-order chi connectivity index (χ0) is 24.6. The Bertz CT molecular complexity index is 793. The number of carbonyl (C=O) groups is 4. The number of halogens is 1. The van der Waals surface area contributed by atoms with Gasteiger partial charge in [-0.25, -0.2) is 4.79 Å². The van der Waals surface area contributed by atoms with Gasteiger partial charge in [0.05, 0.1) is 11.8 Å². The predicted octanol–water partition coefficient (Wildman–Crippen LogP) is -2.70. The summed E-state index contributed by atoms with van der Waals surface area (Å²) in [7, 11) is 0. The maximum absolute atomic E-state index is 12.5. The maximum Gasteiger partial charge on any atom is 0.342 e. The molecule has 0 bridgehead atoms. The van der Waals surface area contributed by atoms with E-state index in [1.807, 2.05) is 0 Å². The van der Waals surface area contributed by atoms with E-state index < -0.39 is 64.8 Å². The molecule has 1 saturated heterocycles. The molecule has 6 atom stereocenters. The molecule has 0 radical (unpaired) electrons. The minimum absolute atomic E-state index is 0.102. The number of hydrogen-bond acceptors (Lipinski definition) is 12. The van der Waals surface area contributed by atoms with Gasteiger partial charge >= 0.3 is 6.03 Å². The van der Waals surface area contributed by atoms with Gasteiger partial charge in [-0.15, -0.1) is 16.5 Å². The molecular formula is C16H24ClN3O11. The van der Waals surface area contributed by atoms with Gasteiger partial charge in [-0.3, -0.25) is 14.4 Å². The van der Waals surface area contributed by atoms with Crippen molar-refractivity contribution in [2.24, 2.45) is 5.29 Å². The average molecular weight is 470 g/mol. The van der Waals surface area contributed by atoms with Gasteiger partial charge in [0.2, 0.25) is 17.1 Å². The first-order valence-corrected chi connectivity index (χ1v) is 9.29. The number of carbonyl (C=O) groups excluding carboxylic acids is 4. The van der Waals surface area contributed by atoms with Crippen molar-refractivity contribution in [1.82, 2.24) is 10.3 Å². The van der Waals surface area contributed by atoms with Crippen molar-refractivity contribution in [3.63, 3.8) is 0 Å². The summed E-state index contributed by atoms with van der Waals surface area (Å²) in [6.07, 6.45) is -4.83. The number of hydrogen-bond donors (Lipinski definition) is 6. The summed E-state index contributed by atoms with van der Waals surface area (Å²) in [5.41, 5.74) is -11.1. The molecule has 1 fully saturated rings. The van der Waals surface area contributed by atoms with Gasteiger partial charge in [-0.2, -0.15) is 5.01 Å². The lowest BCUT2D eigenvalue weighted by Crippen LogP contribution is -2.92. The van der Waals surface area contributed by atoms with Crippen molar-refractivity contribution in [2.75, 3.05) is 12.4 Å². The third-order valence-corrected chi connectivity index (χ3v) is 5.35. The van der Waals surface area contributed by atoms with Crippen LogP contribution in [0.4, 0.5) is 4.79 Å². The molecule has 0 aromatic rings. The van der Waals surface area contributed by atoms with E-state index in [9.17, 15) is 49.6 Å². The fraction of sp³-hybridized carbons (Fsp3) is 0.750. The molecule has 15 heteroatoms. The number of nitroso groups, excluding NO2 is 1. The van der Waals surface area contributed by atoms with Gasteiger partial charge in [-0.05, 0) is 27.7 Å². The number of nitrogens with one attached hydrogen (secondary N) is 1. The quantitative estimate of drug-likeness (QED) is 0.0927.